The van der Waals surface area contributed by atoms with E-state index in [0.29, 0.717) is 0 Å². The zero-order chi connectivity index (χ0) is 24.9. The highest BCUT2D eigenvalue weighted by atomic mass is 31.1. The molecule has 0 bridgehead atoms. The number of rotatable bonds is 4. The topological polar surface area (TPSA) is 48.5 Å². The van der Waals surface area contributed by atoms with Crippen molar-refractivity contribution < 1.29 is 0 Å². The highest BCUT2D eigenvalue weighted by Gasteiger charge is 2.33. The van der Waals surface area contributed by atoms with E-state index in [-0.39, 0.29) is 10.3 Å². The molecule has 0 saturated heterocycles. The molecule has 0 aliphatic rings. The smallest absolute Gasteiger partial charge is 0.139 e. The molecule has 0 aliphatic carbocycles. The van der Waals surface area contributed by atoms with Gasteiger partial charge in [0.2, 0.25) is 0 Å². The van der Waals surface area contributed by atoms with Crippen molar-refractivity contribution in [2.45, 2.75) is 51.9 Å². The van der Waals surface area contributed by atoms with E-state index in [1.54, 1.807) is 0 Å². The highest BCUT2D eigenvalue weighted by molar-refractivity contribution is 7.74. The van der Waals surface area contributed by atoms with Crippen LogP contribution in [0.3, 0.4) is 0 Å². The summed E-state index contributed by atoms with van der Waals surface area (Å²) in [5, 5.41) is 1.77. The van der Waals surface area contributed by atoms with E-state index in [2.05, 4.69) is 108 Å². The van der Waals surface area contributed by atoms with Gasteiger partial charge < -0.3 is 9.13 Å². The second kappa shape index (κ2) is 10.9. The Morgan fingerprint density at radius 2 is 1.09 bits per heavy atom. The molecule has 1 aromatic carbocycles. The molecule has 34 heavy (non-hydrogen) atoms. The molecule has 5 nitrogen and oxygen atoms in total. The molecule has 3 heterocycles. The van der Waals surface area contributed by atoms with Crippen molar-refractivity contribution in [1.29, 1.82) is 0 Å². The van der Waals surface area contributed by atoms with E-state index in [1.165, 1.54) is 10.7 Å². The first-order valence-corrected chi connectivity index (χ1v) is 14.2. The number of aryl methyl sites for hydroxylation is 2. The van der Waals surface area contributed by atoms with Gasteiger partial charge in [0.25, 0.3) is 0 Å². The quantitative estimate of drug-likeness (QED) is 0.388. The van der Waals surface area contributed by atoms with Crippen LogP contribution >= 0.6 is 15.8 Å². The first-order chi connectivity index (χ1) is 16.0. The maximum Gasteiger partial charge on any atom is 0.139 e. The van der Waals surface area contributed by atoms with Crippen molar-refractivity contribution in [2.75, 3.05) is 0 Å². The predicted octanol–water partition coefficient (Wildman–Crippen LogP) is 4.70. The zero-order valence-corrected chi connectivity index (χ0v) is 23.4. The number of hydrogen-bond donors (Lipinski definition) is 0. The summed E-state index contributed by atoms with van der Waals surface area (Å²) in [4.78, 5) is 13.6. The summed E-state index contributed by atoms with van der Waals surface area (Å²) >= 11 is 0. The summed E-state index contributed by atoms with van der Waals surface area (Å²) in [5.41, 5.74) is 3.46. The standard InChI is InChI=1S/C15H18NP.C12H19N4P/c1-15(2,3)17(13-9-5-4-6-10-13)14-11-7-8-12-16-14;1-12(2,3)17(10-13-6-8-15(10)4)11-14-7-9-16(11)5/h4-12H,1-3H3;6-9H,1-5H3. The molecule has 3 aromatic heterocycles. The van der Waals surface area contributed by atoms with Gasteiger partial charge in [-0.05, 0) is 35.7 Å². The number of imidazole rings is 2. The van der Waals surface area contributed by atoms with Gasteiger partial charge in [0.1, 0.15) is 11.1 Å². The van der Waals surface area contributed by atoms with E-state index < -0.39 is 15.8 Å². The molecule has 0 aliphatic heterocycles. The van der Waals surface area contributed by atoms with Crippen LogP contribution in [-0.4, -0.2) is 34.4 Å². The van der Waals surface area contributed by atoms with Crippen LogP contribution in [0.4, 0.5) is 0 Å². The van der Waals surface area contributed by atoms with Crippen LogP contribution in [0.5, 0.6) is 0 Å². The van der Waals surface area contributed by atoms with Gasteiger partial charge in [-0.15, -0.1) is 0 Å². The van der Waals surface area contributed by atoms with E-state index in [9.17, 15) is 0 Å². The van der Waals surface area contributed by atoms with Gasteiger partial charge in [-0.1, -0.05) is 77.9 Å². The molecule has 0 radical (unpaired) electrons. The molecule has 1 atom stereocenters. The third kappa shape index (κ3) is 6.40. The maximum absolute atomic E-state index is 4.55. The minimum atomic E-state index is -0.556. The number of hydrogen-bond acceptors (Lipinski definition) is 3. The average Bonchev–Trinajstić information content (AvgIpc) is 3.37. The van der Waals surface area contributed by atoms with E-state index >= 15 is 0 Å². The van der Waals surface area contributed by atoms with Crippen LogP contribution in [-0.2, 0) is 14.1 Å². The molecule has 1 unspecified atom stereocenters. The summed E-state index contributed by atoms with van der Waals surface area (Å²) in [6, 6.07) is 16.9. The van der Waals surface area contributed by atoms with Crippen LogP contribution in [0.25, 0.3) is 0 Å². The lowest BCUT2D eigenvalue weighted by Crippen LogP contribution is -2.34. The lowest BCUT2D eigenvalue weighted by molar-refractivity contribution is 0.783. The minimum Gasteiger partial charge on any atom is -0.334 e. The summed E-state index contributed by atoms with van der Waals surface area (Å²) in [6.45, 7) is 13.6. The van der Waals surface area contributed by atoms with Crippen LogP contribution in [0, 0.1) is 0 Å². The molecule has 0 spiro atoms. The molecule has 0 saturated carbocycles. The lowest BCUT2D eigenvalue weighted by Gasteiger charge is -2.31. The first kappa shape index (κ1) is 26.3. The maximum atomic E-state index is 4.55. The fourth-order valence-electron chi connectivity index (χ4n) is 3.76. The Morgan fingerprint density at radius 1 is 0.588 bits per heavy atom. The van der Waals surface area contributed by atoms with Gasteiger partial charge in [-0.3, -0.25) is 4.98 Å². The number of aromatic nitrogens is 5. The fourth-order valence-corrected chi connectivity index (χ4v) is 8.88. The Labute approximate surface area is 207 Å². The summed E-state index contributed by atoms with van der Waals surface area (Å²) in [5.74, 6) is 0. The molecule has 4 rings (SSSR count). The Bertz CT molecular complexity index is 1080. The zero-order valence-electron chi connectivity index (χ0n) is 21.6. The molecule has 0 fully saturated rings. The van der Waals surface area contributed by atoms with Gasteiger partial charge in [0.05, 0.1) is 5.44 Å². The second-order valence-corrected chi connectivity index (χ2v) is 16.0. The molecular formula is C27H37N5P2. The van der Waals surface area contributed by atoms with Crippen molar-refractivity contribution in [3.05, 3.63) is 79.5 Å². The van der Waals surface area contributed by atoms with Crippen molar-refractivity contribution in [3.63, 3.8) is 0 Å². The molecule has 0 N–H and O–H groups in total. The third-order valence-electron chi connectivity index (χ3n) is 5.23. The van der Waals surface area contributed by atoms with Gasteiger partial charge in [0.15, 0.2) is 0 Å². The first-order valence-electron chi connectivity index (χ1n) is 11.5. The Kier molecular flexibility index (Phi) is 8.44. The lowest BCUT2D eigenvalue weighted by atomic mass is 10.3. The van der Waals surface area contributed by atoms with Crippen LogP contribution in [0.2, 0.25) is 0 Å². The largest absolute Gasteiger partial charge is 0.334 e. The molecular weight excluding hydrogens is 456 g/mol. The molecule has 0 amide bonds. The molecule has 4 aromatic rings. The summed E-state index contributed by atoms with van der Waals surface area (Å²) in [6.07, 6.45) is 9.61. The number of pyridine rings is 1. The minimum absolute atomic E-state index is 0.146. The van der Waals surface area contributed by atoms with Gasteiger partial charge in [-0.2, -0.15) is 0 Å². The van der Waals surface area contributed by atoms with Crippen LogP contribution < -0.4 is 21.9 Å². The normalized spacial score (nSPS) is 12.9. The summed E-state index contributed by atoms with van der Waals surface area (Å²) in [7, 11) is 3.14. The van der Waals surface area contributed by atoms with Crippen molar-refractivity contribution in [1.82, 2.24) is 24.1 Å². The van der Waals surface area contributed by atoms with Crippen LogP contribution in [0.15, 0.2) is 79.5 Å². The average molecular weight is 494 g/mol. The summed E-state index contributed by atoms with van der Waals surface area (Å²) < 4.78 is 4.21. The van der Waals surface area contributed by atoms with Crippen LogP contribution in [0.1, 0.15) is 41.5 Å². The molecule has 7 heteroatoms. The van der Waals surface area contributed by atoms with E-state index in [0.717, 1.165) is 11.1 Å². The van der Waals surface area contributed by atoms with Gasteiger partial charge in [0, 0.05) is 53.0 Å². The third-order valence-corrected chi connectivity index (χ3v) is 11.1. The molecule has 180 valence electrons. The van der Waals surface area contributed by atoms with E-state index in [4.69, 9.17) is 0 Å². The Morgan fingerprint density at radius 3 is 1.47 bits per heavy atom. The van der Waals surface area contributed by atoms with Crippen molar-refractivity contribution in [2.24, 2.45) is 14.1 Å². The van der Waals surface area contributed by atoms with E-state index in [1.807, 2.05) is 51.1 Å². The number of benzene rings is 1. The second-order valence-electron chi connectivity index (χ2n) is 10.2. The predicted molar refractivity (Wildman–Crippen MR) is 149 cm³/mol. The Hall–Kier alpha value is -2.35. The van der Waals surface area contributed by atoms with Crippen molar-refractivity contribution >= 4 is 37.7 Å². The SMILES string of the molecule is CC(C)(C)P(c1ccccc1)c1ccccn1.Cn1ccnc1P(c1nccn1C)C(C)(C)C. The monoisotopic (exact) mass is 493 g/mol. The van der Waals surface area contributed by atoms with Crippen molar-refractivity contribution in [3.8, 4) is 0 Å². The van der Waals surface area contributed by atoms with Gasteiger partial charge >= 0.3 is 0 Å². The number of nitrogens with zero attached hydrogens (tertiary/aromatic N) is 5. The highest BCUT2D eigenvalue weighted by Crippen LogP contribution is 2.47. The fraction of sp³-hybridized carbons (Fsp3) is 0.370. The Balaban J connectivity index is 0.000000191. The van der Waals surface area contributed by atoms with Gasteiger partial charge in [-0.25, -0.2) is 9.97 Å².